The van der Waals surface area contributed by atoms with E-state index in [4.69, 9.17) is 6.42 Å². The van der Waals surface area contributed by atoms with Crippen LogP contribution in [0, 0.1) is 17.8 Å². The van der Waals surface area contributed by atoms with E-state index in [0.29, 0.717) is 0 Å². The molecule has 0 N–H and O–H groups in total. The molecule has 0 fully saturated rings. The van der Waals surface area contributed by atoms with E-state index in [2.05, 4.69) is 46.2 Å². The summed E-state index contributed by atoms with van der Waals surface area (Å²) >= 11 is 4.41. The van der Waals surface area contributed by atoms with Crippen molar-refractivity contribution in [2.75, 3.05) is 0 Å². The molecule has 0 amide bonds. The molecule has 0 spiro atoms. The predicted octanol–water partition coefficient (Wildman–Crippen LogP) is 2.74. The van der Waals surface area contributed by atoms with Gasteiger partial charge in [0.25, 0.3) is 0 Å². The van der Waals surface area contributed by atoms with Gasteiger partial charge in [-0.3, -0.25) is 0 Å². The lowest BCUT2D eigenvalue weighted by atomic mass is 9.84. The largest absolute Gasteiger partial charge is 0.173 e. The lowest BCUT2D eigenvalue weighted by Gasteiger charge is -2.26. The van der Waals surface area contributed by atoms with Crippen LogP contribution in [0.15, 0.2) is 0 Å². The molecule has 58 valence electrons. The van der Waals surface area contributed by atoms with Gasteiger partial charge in [-0.2, -0.15) is 12.6 Å². The van der Waals surface area contributed by atoms with Crippen molar-refractivity contribution in [2.45, 2.75) is 38.9 Å². The van der Waals surface area contributed by atoms with Crippen molar-refractivity contribution in [3.8, 4) is 12.3 Å². The van der Waals surface area contributed by atoms with Crippen LogP contribution < -0.4 is 0 Å². The van der Waals surface area contributed by atoms with E-state index in [1.807, 2.05) is 0 Å². The molecule has 0 aliphatic rings. The second kappa shape index (κ2) is 2.88. The van der Waals surface area contributed by atoms with Crippen LogP contribution in [0.25, 0.3) is 0 Å². The lowest BCUT2D eigenvalue weighted by Crippen LogP contribution is -2.21. The van der Waals surface area contributed by atoms with Crippen LogP contribution >= 0.6 is 12.6 Å². The zero-order valence-corrected chi connectivity index (χ0v) is 8.13. The molecule has 0 saturated heterocycles. The molecule has 0 saturated carbocycles. The minimum Gasteiger partial charge on any atom is -0.173 e. The van der Waals surface area contributed by atoms with Gasteiger partial charge in [0.1, 0.15) is 0 Å². The molecule has 0 aliphatic carbocycles. The van der Waals surface area contributed by atoms with Crippen LogP contribution in [0.3, 0.4) is 0 Å². The van der Waals surface area contributed by atoms with E-state index < -0.39 is 0 Å². The Hall–Kier alpha value is -0.0900. The van der Waals surface area contributed by atoms with Gasteiger partial charge in [0, 0.05) is 10.2 Å². The summed E-state index contributed by atoms with van der Waals surface area (Å²) in [5, 5.41) is 0. The summed E-state index contributed by atoms with van der Waals surface area (Å²) in [5.74, 6) is 2.75. The molecule has 0 aromatic rings. The van der Waals surface area contributed by atoms with Crippen molar-refractivity contribution in [1.82, 2.24) is 0 Å². The third kappa shape index (κ3) is 4.76. The Bertz CT molecular complexity index is 143. The van der Waals surface area contributed by atoms with Gasteiger partial charge in [-0.05, 0) is 20.3 Å². The summed E-state index contributed by atoms with van der Waals surface area (Å²) in [4.78, 5) is 0. The van der Waals surface area contributed by atoms with Gasteiger partial charge in [0.05, 0.1) is 0 Å². The average Bonchev–Trinajstić information content (AvgIpc) is 1.60. The Morgan fingerprint density at radius 3 is 1.80 bits per heavy atom. The highest BCUT2D eigenvalue weighted by Gasteiger charge is 2.23. The standard InChI is InChI=1S/C9H16S/c1-6-8(2,3)7-9(4,5)10/h1,10H,7H2,2-5H3. The zero-order valence-electron chi connectivity index (χ0n) is 7.23. The molecule has 0 bridgehead atoms. The minimum atomic E-state index is -0.0226. The first kappa shape index (κ1) is 9.91. The molecule has 0 radical (unpaired) electrons. The fourth-order valence-electron chi connectivity index (χ4n) is 1.13. The van der Waals surface area contributed by atoms with Crippen molar-refractivity contribution in [3.63, 3.8) is 0 Å². The maximum atomic E-state index is 5.33. The molecule has 0 nitrogen and oxygen atoms in total. The second-order valence-electron chi connectivity index (χ2n) is 4.02. The van der Waals surface area contributed by atoms with Crippen LogP contribution in [0.5, 0.6) is 0 Å². The Morgan fingerprint density at radius 1 is 1.30 bits per heavy atom. The van der Waals surface area contributed by atoms with Crippen LogP contribution in [-0.2, 0) is 0 Å². The molecule has 0 aliphatic heterocycles. The van der Waals surface area contributed by atoms with E-state index in [-0.39, 0.29) is 10.2 Å². The van der Waals surface area contributed by atoms with Crippen molar-refractivity contribution < 1.29 is 0 Å². The van der Waals surface area contributed by atoms with Crippen molar-refractivity contribution in [2.24, 2.45) is 5.41 Å². The number of rotatable bonds is 2. The Labute approximate surface area is 69.8 Å². The van der Waals surface area contributed by atoms with Crippen LogP contribution in [0.2, 0.25) is 0 Å². The molecular formula is C9H16S. The van der Waals surface area contributed by atoms with Gasteiger partial charge >= 0.3 is 0 Å². The first-order valence-electron chi connectivity index (χ1n) is 3.47. The molecule has 0 atom stereocenters. The highest BCUT2D eigenvalue weighted by atomic mass is 32.1. The van der Waals surface area contributed by atoms with Gasteiger partial charge in [-0.15, -0.1) is 12.3 Å². The van der Waals surface area contributed by atoms with Crippen LogP contribution in [0.1, 0.15) is 34.1 Å². The number of hydrogen-bond acceptors (Lipinski definition) is 1. The van der Waals surface area contributed by atoms with Crippen molar-refractivity contribution >= 4 is 12.6 Å². The Kier molecular flexibility index (Phi) is 2.86. The van der Waals surface area contributed by atoms with Crippen LogP contribution in [0.4, 0.5) is 0 Å². The molecule has 0 heterocycles. The minimum absolute atomic E-state index is 0.0226. The Balaban J connectivity index is 4.05. The summed E-state index contributed by atoms with van der Waals surface area (Å²) in [6.45, 7) is 8.28. The summed E-state index contributed by atoms with van der Waals surface area (Å²) in [7, 11) is 0. The predicted molar refractivity (Wildman–Crippen MR) is 50.3 cm³/mol. The molecule has 0 rings (SSSR count). The fourth-order valence-corrected chi connectivity index (χ4v) is 1.53. The number of hydrogen-bond donors (Lipinski definition) is 1. The maximum absolute atomic E-state index is 5.33. The fraction of sp³-hybridized carbons (Fsp3) is 0.778. The van der Waals surface area contributed by atoms with E-state index in [1.165, 1.54) is 0 Å². The highest BCUT2D eigenvalue weighted by molar-refractivity contribution is 7.81. The van der Waals surface area contributed by atoms with Gasteiger partial charge in [-0.1, -0.05) is 13.8 Å². The molecule has 0 aromatic carbocycles. The monoisotopic (exact) mass is 156 g/mol. The van der Waals surface area contributed by atoms with Gasteiger partial charge in [-0.25, -0.2) is 0 Å². The SMILES string of the molecule is C#CC(C)(C)CC(C)(C)S. The summed E-state index contributed by atoms with van der Waals surface area (Å²) in [5.41, 5.74) is -0.0226. The normalized spacial score (nSPS) is 12.8. The maximum Gasteiger partial charge on any atom is 0.0268 e. The molecule has 0 unspecified atom stereocenters. The molecule has 0 aromatic heterocycles. The van der Waals surface area contributed by atoms with E-state index in [1.54, 1.807) is 0 Å². The van der Waals surface area contributed by atoms with E-state index >= 15 is 0 Å². The van der Waals surface area contributed by atoms with Crippen LogP contribution in [-0.4, -0.2) is 4.75 Å². The topological polar surface area (TPSA) is 0 Å². The second-order valence-corrected chi connectivity index (χ2v) is 5.23. The molecular weight excluding hydrogens is 140 g/mol. The van der Waals surface area contributed by atoms with Crippen molar-refractivity contribution in [3.05, 3.63) is 0 Å². The highest BCUT2D eigenvalue weighted by Crippen LogP contribution is 2.30. The van der Waals surface area contributed by atoms with E-state index in [9.17, 15) is 0 Å². The smallest absolute Gasteiger partial charge is 0.0268 e. The molecule has 1 heteroatoms. The average molecular weight is 156 g/mol. The van der Waals surface area contributed by atoms with Gasteiger partial charge in [0.2, 0.25) is 0 Å². The quantitative estimate of drug-likeness (QED) is 0.461. The van der Waals surface area contributed by atoms with Crippen molar-refractivity contribution in [1.29, 1.82) is 0 Å². The summed E-state index contributed by atoms with van der Waals surface area (Å²) in [6, 6.07) is 0. The number of terminal acetylenes is 1. The molecule has 10 heavy (non-hydrogen) atoms. The van der Waals surface area contributed by atoms with Gasteiger partial charge < -0.3 is 0 Å². The van der Waals surface area contributed by atoms with Gasteiger partial charge in [0.15, 0.2) is 0 Å². The lowest BCUT2D eigenvalue weighted by molar-refractivity contribution is 0.408. The Morgan fingerprint density at radius 2 is 1.70 bits per heavy atom. The third-order valence-electron chi connectivity index (χ3n) is 1.27. The third-order valence-corrected chi connectivity index (χ3v) is 1.42. The zero-order chi connectivity index (χ0) is 8.41. The first-order valence-corrected chi connectivity index (χ1v) is 3.92. The first-order chi connectivity index (χ1) is 4.27. The summed E-state index contributed by atoms with van der Waals surface area (Å²) in [6.07, 6.45) is 6.27. The van der Waals surface area contributed by atoms with E-state index in [0.717, 1.165) is 6.42 Å². The summed E-state index contributed by atoms with van der Waals surface area (Å²) < 4.78 is 0.0376. The number of thiol groups is 1.